The van der Waals surface area contributed by atoms with Crippen LogP contribution in [0.4, 0.5) is 11.4 Å². The molecule has 0 atom stereocenters. The quantitative estimate of drug-likeness (QED) is 0.487. The van der Waals surface area contributed by atoms with Gasteiger partial charge in [0.2, 0.25) is 16.0 Å². The Balaban J connectivity index is 2.00. The van der Waals surface area contributed by atoms with Gasteiger partial charge in [0.1, 0.15) is 0 Å². The van der Waals surface area contributed by atoms with E-state index >= 15 is 0 Å². The fraction of sp³-hybridized carbons (Fsp3) is 0.429. The minimum atomic E-state index is -3.34. The van der Waals surface area contributed by atoms with Gasteiger partial charge in [-0.05, 0) is 37.5 Å². The Morgan fingerprint density at radius 2 is 1.91 bits per heavy atom. The van der Waals surface area contributed by atoms with E-state index in [1.807, 2.05) is 4.90 Å². The van der Waals surface area contributed by atoms with Crippen molar-refractivity contribution in [2.75, 3.05) is 29.4 Å². The molecule has 0 aromatic heterocycles. The van der Waals surface area contributed by atoms with E-state index in [0.717, 1.165) is 32.2 Å². The van der Waals surface area contributed by atoms with Crippen LogP contribution < -0.4 is 15.8 Å². The second kappa shape index (κ2) is 7.32. The molecule has 0 radical (unpaired) electrons. The second-order valence-corrected chi connectivity index (χ2v) is 7.19. The lowest BCUT2D eigenvalue weighted by Crippen LogP contribution is -2.41. The van der Waals surface area contributed by atoms with E-state index < -0.39 is 10.0 Å². The lowest BCUT2D eigenvalue weighted by atomic mass is 10.1. The number of guanidine groups is 2. The standard InChI is InChI=1S/C14H22N6O2S/c1-23(21,22)19-12-7-5-6-11(10-12)17-13(15)18-14(16)20-8-3-2-4-9-20/h5-7,10,19H,2-4,8-9H2,1H3,(H4,15,16,17,18). The number of nitrogens with one attached hydrogen (secondary N) is 3. The fourth-order valence-electron chi connectivity index (χ4n) is 2.35. The summed E-state index contributed by atoms with van der Waals surface area (Å²) in [4.78, 5) is 6.01. The normalized spacial score (nSPS) is 16.0. The molecule has 1 saturated heterocycles. The summed E-state index contributed by atoms with van der Waals surface area (Å²) >= 11 is 0. The van der Waals surface area contributed by atoms with Crippen LogP contribution >= 0.6 is 0 Å². The van der Waals surface area contributed by atoms with Gasteiger partial charge in [-0.2, -0.15) is 4.99 Å². The van der Waals surface area contributed by atoms with E-state index in [1.54, 1.807) is 24.3 Å². The van der Waals surface area contributed by atoms with Gasteiger partial charge in [-0.1, -0.05) is 6.07 Å². The van der Waals surface area contributed by atoms with Crippen molar-refractivity contribution in [1.29, 1.82) is 5.41 Å². The van der Waals surface area contributed by atoms with Crippen LogP contribution in [0.25, 0.3) is 0 Å². The minimum absolute atomic E-state index is 0.0930. The number of benzene rings is 1. The SMILES string of the molecule is CS(=O)(=O)Nc1cccc(NC(=N)N=C(N)N2CCCCC2)c1. The molecule has 1 heterocycles. The summed E-state index contributed by atoms with van der Waals surface area (Å²) in [7, 11) is -3.34. The maximum Gasteiger partial charge on any atom is 0.229 e. The topological polar surface area (TPSA) is 124 Å². The van der Waals surface area contributed by atoms with E-state index in [2.05, 4.69) is 15.0 Å². The average Bonchev–Trinajstić information content (AvgIpc) is 2.46. The number of anilines is 2. The molecule has 0 aliphatic carbocycles. The summed E-state index contributed by atoms with van der Waals surface area (Å²) < 4.78 is 24.9. The van der Waals surface area contributed by atoms with Crippen LogP contribution in [0, 0.1) is 5.41 Å². The van der Waals surface area contributed by atoms with Crippen molar-refractivity contribution in [2.45, 2.75) is 19.3 Å². The van der Waals surface area contributed by atoms with Gasteiger partial charge in [0.05, 0.1) is 11.9 Å². The summed E-state index contributed by atoms with van der Waals surface area (Å²) in [5.41, 5.74) is 6.89. The van der Waals surface area contributed by atoms with E-state index in [-0.39, 0.29) is 5.96 Å². The van der Waals surface area contributed by atoms with Gasteiger partial charge in [-0.25, -0.2) is 8.42 Å². The summed E-state index contributed by atoms with van der Waals surface area (Å²) in [6, 6.07) is 6.61. The number of hydrogen-bond acceptors (Lipinski definition) is 3. The van der Waals surface area contributed by atoms with Gasteiger partial charge >= 0.3 is 0 Å². The third-order valence-corrected chi connectivity index (χ3v) is 3.94. The molecule has 8 nitrogen and oxygen atoms in total. The van der Waals surface area contributed by atoms with Crippen molar-refractivity contribution in [3.63, 3.8) is 0 Å². The highest BCUT2D eigenvalue weighted by molar-refractivity contribution is 7.92. The van der Waals surface area contributed by atoms with E-state index in [1.165, 1.54) is 6.42 Å². The van der Waals surface area contributed by atoms with Gasteiger partial charge in [-0.15, -0.1) is 0 Å². The Labute approximate surface area is 136 Å². The Bertz CT molecular complexity index is 695. The first kappa shape index (κ1) is 17.1. The van der Waals surface area contributed by atoms with Crippen molar-refractivity contribution in [1.82, 2.24) is 4.90 Å². The second-order valence-electron chi connectivity index (χ2n) is 5.45. The molecular formula is C14H22N6O2S. The summed E-state index contributed by atoms with van der Waals surface area (Å²) in [6.45, 7) is 1.72. The first-order chi connectivity index (χ1) is 10.8. The predicted molar refractivity (Wildman–Crippen MR) is 93.3 cm³/mol. The molecule has 0 saturated carbocycles. The number of rotatable bonds is 3. The van der Waals surface area contributed by atoms with Gasteiger partial charge in [0, 0.05) is 18.8 Å². The fourth-order valence-corrected chi connectivity index (χ4v) is 2.90. The molecule has 2 rings (SSSR count). The number of nitrogens with two attached hydrogens (primary N) is 1. The van der Waals surface area contributed by atoms with Crippen LogP contribution in [-0.2, 0) is 10.0 Å². The first-order valence-corrected chi connectivity index (χ1v) is 9.25. The maximum absolute atomic E-state index is 11.2. The van der Waals surface area contributed by atoms with Crippen molar-refractivity contribution in [2.24, 2.45) is 10.7 Å². The van der Waals surface area contributed by atoms with E-state index in [0.29, 0.717) is 17.3 Å². The summed E-state index contributed by atoms with van der Waals surface area (Å²) in [6.07, 6.45) is 4.44. The van der Waals surface area contributed by atoms with Gasteiger partial charge < -0.3 is 16.0 Å². The number of piperidine rings is 1. The highest BCUT2D eigenvalue weighted by atomic mass is 32.2. The van der Waals surface area contributed by atoms with E-state index in [9.17, 15) is 8.42 Å². The molecule has 0 spiro atoms. The molecular weight excluding hydrogens is 316 g/mol. The van der Waals surface area contributed by atoms with Crippen LogP contribution in [0.15, 0.2) is 29.3 Å². The smallest absolute Gasteiger partial charge is 0.229 e. The van der Waals surface area contributed by atoms with Crippen LogP contribution in [0.3, 0.4) is 0 Å². The van der Waals surface area contributed by atoms with Gasteiger partial charge in [-0.3, -0.25) is 10.1 Å². The van der Waals surface area contributed by atoms with Crippen LogP contribution in [-0.4, -0.2) is 44.6 Å². The van der Waals surface area contributed by atoms with Crippen molar-refractivity contribution >= 4 is 33.3 Å². The highest BCUT2D eigenvalue weighted by Crippen LogP contribution is 2.16. The predicted octanol–water partition coefficient (Wildman–Crippen LogP) is 1.21. The minimum Gasteiger partial charge on any atom is -0.369 e. The highest BCUT2D eigenvalue weighted by Gasteiger charge is 2.12. The molecule has 1 aliphatic rings. The molecule has 1 fully saturated rings. The number of sulfonamides is 1. The molecule has 0 amide bonds. The molecule has 5 N–H and O–H groups in total. The molecule has 126 valence electrons. The molecule has 0 unspecified atom stereocenters. The monoisotopic (exact) mass is 338 g/mol. The zero-order valence-electron chi connectivity index (χ0n) is 13.0. The Hall–Kier alpha value is -2.29. The number of nitrogens with zero attached hydrogens (tertiary/aromatic N) is 2. The molecule has 0 bridgehead atoms. The van der Waals surface area contributed by atoms with Crippen LogP contribution in [0.5, 0.6) is 0 Å². The van der Waals surface area contributed by atoms with Crippen molar-refractivity contribution in [3.8, 4) is 0 Å². The maximum atomic E-state index is 11.2. The van der Waals surface area contributed by atoms with Crippen LogP contribution in [0.2, 0.25) is 0 Å². The molecule has 1 aromatic carbocycles. The summed E-state index contributed by atoms with van der Waals surface area (Å²) in [5, 5.41) is 10.7. The molecule has 9 heteroatoms. The van der Waals surface area contributed by atoms with Crippen molar-refractivity contribution in [3.05, 3.63) is 24.3 Å². The third-order valence-electron chi connectivity index (χ3n) is 3.33. The zero-order chi connectivity index (χ0) is 16.9. The number of hydrogen-bond donors (Lipinski definition) is 4. The molecule has 1 aliphatic heterocycles. The van der Waals surface area contributed by atoms with Gasteiger partial charge in [0.25, 0.3) is 0 Å². The summed E-state index contributed by atoms with van der Waals surface area (Å²) in [5.74, 6) is 0.234. The lowest BCUT2D eigenvalue weighted by molar-refractivity contribution is 0.339. The first-order valence-electron chi connectivity index (χ1n) is 7.36. The molecule has 1 aromatic rings. The Morgan fingerprint density at radius 1 is 1.26 bits per heavy atom. The zero-order valence-corrected chi connectivity index (χ0v) is 13.9. The van der Waals surface area contributed by atoms with E-state index in [4.69, 9.17) is 11.1 Å². The number of likely N-dealkylation sites (tertiary alicyclic amines) is 1. The average molecular weight is 338 g/mol. The number of aliphatic imine (C=N–C) groups is 1. The Morgan fingerprint density at radius 3 is 2.57 bits per heavy atom. The van der Waals surface area contributed by atoms with Crippen LogP contribution in [0.1, 0.15) is 19.3 Å². The largest absolute Gasteiger partial charge is 0.369 e. The Kier molecular flexibility index (Phi) is 5.43. The lowest BCUT2D eigenvalue weighted by Gasteiger charge is -2.27. The molecule has 23 heavy (non-hydrogen) atoms. The van der Waals surface area contributed by atoms with Gasteiger partial charge in [0.15, 0.2) is 5.96 Å². The van der Waals surface area contributed by atoms with Crippen molar-refractivity contribution < 1.29 is 8.42 Å². The third kappa shape index (κ3) is 5.78.